The first-order valence-corrected chi connectivity index (χ1v) is 6.81. The highest BCUT2D eigenvalue weighted by atomic mass is 35.5. The second-order valence-electron chi connectivity index (χ2n) is 2.13. The average Bonchev–Trinajstić information content (AvgIpc) is 2.11. The minimum atomic E-state index is -0.189. The molecule has 6 heteroatoms. The Bertz CT molecular complexity index is 95.5. The van der Waals surface area contributed by atoms with Gasteiger partial charge in [-0.05, 0) is 0 Å². The van der Waals surface area contributed by atoms with E-state index in [1.807, 2.05) is 0 Å². The van der Waals surface area contributed by atoms with E-state index in [-0.39, 0.29) is 24.0 Å². The molecule has 2 atom stereocenters. The molecule has 0 aliphatic carbocycles. The fraction of sp³-hybridized carbons (Fsp3) is 1.00. The van der Waals surface area contributed by atoms with Crippen molar-refractivity contribution in [3.05, 3.63) is 0 Å². The number of alkyl halides is 2. The van der Waals surface area contributed by atoms with Gasteiger partial charge in [0, 0.05) is 11.5 Å². The first-order valence-electron chi connectivity index (χ1n) is 3.45. The predicted octanol–water partition coefficient (Wildman–Crippen LogP) is 1.57. The molecule has 0 aliphatic rings. The van der Waals surface area contributed by atoms with Gasteiger partial charge in [0.25, 0.3) is 0 Å². The Morgan fingerprint density at radius 2 is 1.25 bits per heavy atom. The summed E-state index contributed by atoms with van der Waals surface area (Å²) in [7, 11) is 3.12. The first-order chi connectivity index (χ1) is 5.70. The summed E-state index contributed by atoms with van der Waals surface area (Å²) in [4.78, 5) is 0. The van der Waals surface area contributed by atoms with E-state index in [1.54, 1.807) is 21.6 Å². The lowest BCUT2D eigenvalue weighted by Gasteiger charge is -2.06. The molecule has 0 spiro atoms. The molecule has 74 valence electrons. The first kappa shape index (κ1) is 13.2. The van der Waals surface area contributed by atoms with Crippen LogP contribution in [0.4, 0.5) is 0 Å². The summed E-state index contributed by atoms with van der Waals surface area (Å²) in [6, 6.07) is 0. The topological polar surface area (TPSA) is 40.5 Å². The van der Waals surface area contributed by atoms with Gasteiger partial charge in [-0.15, -0.1) is 23.2 Å². The van der Waals surface area contributed by atoms with Crippen LogP contribution in [0.25, 0.3) is 0 Å². The Morgan fingerprint density at radius 1 is 0.917 bits per heavy atom. The minimum absolute atomic E-state index is 0.000576. The molecule has 0 heterocycles. The van der Waals surface area contributed by atoms with E-state index in [0.717, 1.165) is 0 Å². The summed E-state index contributed by atoms with van der Waals surface area (Å²) in [6.07, 6.45) is 0. The van der Waals surface area contributed by atoms with E-state index >= 15 is 0 Å². The molecule has 0 aromatic heterocycles. The largest absolute Gasteiger partial charge is 0.395 e. The van der Waals surface area contributed by atoms with Crippen molar-refractivity contribution >= 4 is 44.8 Å². The standard InChI is InChI=1S/C6H12Cl2O2S2/c7-5(1-9)3-11-12-4-6(8)2-10/h5-6,9-10H,1-4H2. The number of aliphatic hydroxyl groups is 2. The quantitative estimate of drug-likeness (QED) is 0.409. The second kappa shape index (κ2) is 8.78. The van der Waals surface area contributed by atoms with Crippen molar-refractivity contribution in [2.24, 2.45) is 0 Å². The molecule has 0 bridgehead atoms. The van der Waals surface area contributed by atoms with Gasteiger partial charge in [0.1, 0.15) is 0 Å². The van der Waals surface area contributed by atoms with Crippen LogP contribution < -0.4 is 0 Å². The van der Waals surface area contributed by atoms with Crippen LogP contribution in [0.5, 0.6) is 0 Å². The lowest BCUT2D eigenvalue weighted by atomic mass is 10.5. The molecule has 12 heavy (non-hydrogen) atoms. The molecule has 0 aromatic rings. The molecule has 0 saturated carbocycles. The number of rotatable bonds is 7. The van der Waals surface area contributed by atoms with Crippen LogP contribution in [-0.2, 0) is 0 Å². The van der Waals surface area contributed by atoms with Gasteiger partial charge in [0.05, 0.1) is 24.0 Å². The highest BCUT2D eigenvalue weighted by molar-refractivity contribution is 8.76. The van der Waals surface area contributed by atoms with Gasteiger partial charge in [-0.25, -0.2) is 0 Å². The van der Waals surface area contributed by atoms with E-state index in [4.69, 9.17) is 33.4 Å². The van der Waals surface area contributed by atoms with Crippen molar-refractivity contribution in [1.82, 2.24) is 0 Å². The number of halogens is 2. The van der Waals surface area contributed by atoms with Crippen molar-refractivity contribution in [1.29, 1.82) is 0 Å². The zero-order chi connectivity index (χ0) is 9.40. The second-order valence-corrected chi connectivity index (χ2v) is 5.92. The third kappa shape index (κ3) is 7.83. The Balaban J connectivity index is 3.10. The summed E-state index contributed by atoms with van der Waals surface area (Å²) < 4.78 is 0. The van der Waals surface area contributed by atoms with Gasteiger partial charge < -0.3 is 10.2 Å². The SMILES string of the molecule is OCC(Cl)CSSCC(Cl)CO. The number of hydrogen-bond donors (Lipinski definition) is 2. The molecule has 0 aliphatic heterocycles. The maximum absolute atomic E-state index is 8.57. The zero-order valence-electron chi connectivity index (χ0n) is 6.45. The van der Waals surface area contributed by atoms with Crippen LogP contribution >= 0.6 is 44.8 Å². The highest BCUT2D eigenvalue weighted by Gasteiger charge is 2.05. The average molecular weight is 251 g/mol. The monoisotopic (exact) mass is 250 g/mol. The number of hydrogen-bond acceptors (Lipinski definition) is 4. The van der Waals surface area contributed by atoms with Crippen LogP contribution in [0.3, 0.4) is 0 Å². The van der Waals surface area contributed by atoms with Crippen molar-refractivity contribution in [2.75, 3.05) is 24.7 Å². The Labute approximate surface area is 90.4 Å². The lowest BCUT2D eigenvalue weighted by molar-refractivity contribution is 0.299. The zero-order valence-corrected chi connectivity index (χ0v) is 9.59. The summed E-state index contributed by atoms with van der Waals surface area (Å²) in [6.45, 7) is -0.00115. The van der Waals surface area contributed by atoms with E-state index in [1.165, 1.54) is 0 Å². The number of aliphatic hydroxyl groups excluding tert-OH is 2. The van der Waals surface area contributed by atoms with Crippen molar-refractivity contribution < 1.29 is 10.2 Å². The molecule has 2 nitrogen and oxygen atoms in total. The molecular formula is C6H12Cl2O2S2. The van der Waals surface area contributed by atoms with Gasteiger partial charge in [-0.2, -0.15) is 0 Å². The summed E-state index contributed by atoms with van der Waals surface area (Å²) in [5, 5.41) is 16.8. The van der Waals surface area contributed by atoms with Crippen LogP contribution in [0.15, 0.2) is 0 Å². The smallest absolute Gasteiger partial charge is 0.0665 e. The van der Waals surface area contributed by atoms with Gasteiger partial charge in [0.2, 0.25) is 0 Å². The highest BCUT2D eigenvalue weighted by Crippen LogP contribution is 2.25. The Kier molecular flexibility index (Phi) is 9.66. The molecule has 0 amide bonds. The van der Waals surface area contributed by atoms with Gasteiger partial charge in [0.15, 0.2) is 0 Å². The van der Waals surface area contributed by atoms with E-state index in [2.05, 4.69) is 0 Å². The van der Waals surface area contributed by atoms with E-state index in [0.29, 0.717) is 11.5 Å². The maximum atomic E-state index is 8.57. The molecule has 2 unspecified atom stereocenters. The van der Waals surface area contributed by atoms with E-state index in [9.17, 15) is 0 Å². The van der Waals surface area contributed by atoms with Crippen LogP contribution in [-0.4, -0.2) is 45.7 Å². The van der Waals surface area contributed by atoms with Crippen molar-refractivity contribution in [3.63, 3.8) is 0 Å². The van der Waals surface area contributed by atoms with Gasteiger partial charge in [-0.1, -0.05) is 21.6 Å². The molecule has 0 rings (SSSR count). The molecule has 0 saturated heterocycles. The van der Waals surface area contributed by atoms with Crippen LogP contribution in [0, 0.1) is 0 Å². The normalized spacial score (nSPS) is 16.0. The van der Waals surface area contributed by atoms with Gasteiger partial charge in [-0.3, -0.25) is 0 Å². The fourth-order valence-corrected chi connectivity index (χ4v) is 3.44. The Hall–Kier alpha value is 1.20. The molecule has 2 N–H and O–H groups in total. The molecule has 0 fully saturated rings. The molecule has 0 aromatic carbocycles. The molecule has 0 radical (unpaired) electrons. The summed E-state index contributed by atoms with van der Waals surface area (Å²) in [5.74, 6) is 1.38. The van der Waals surface area contributed by atoms with Gasteiger partial charge >= 0.3 is 0 Å². The molecular weight excluding hydrogens is 239 g/mol. The van der Waals surface area contributed by atoms with E-state index < -0.39 is 0 Å². The maximum Gasteiger partial charge on any atom is 0.0665 e. The van der Waals surface area contributed by atoms with Crippen molar-refractivity contribution in [2.45, 2.75) is 10.8 Å². The Morgan fingerprint density at radius 3 is 1.50 bits per heavy atom. The third-order valence-electron chi connectivity index (χ3n) is 0.977. The van der Waals surface area contributed by atoms with Crippen molar-refractivity contribution in [3.8, 4) is 0 Å². The summed E-state index contributed by atoms with van der Waals surface area (Å²) in [5.41, 5.74) is 0. The third-order valence-corrected chi connectivity index (χ3v) is 4.49. The summed E-state index contributed by atoms with van der Waals surface area (Å²) >= 11 is 11.3. The predicted molar refractivity (Wildman–Crippen MR) is 58.4 cm³/mol. The van der Waals surface area contributed by atoms with Crippen LogP contribution in [0.2, 0.25) is 0 Å². The fourth-order valence-electron chi connectivity index (χ4n) is 0.349. The minimum Gasteiger partial charge on any atom is -0.395 e. The van der Waals surface area contributed by atoms with Crippen LogP contribution in [0.1, 0.15) is 0 Å². The lowest BCUT2D eigenvalue weighted by Crippen LogP contribution is -2.08.